The van der Waals surface area contributed by atoms with Crippen LogP contribution in [0.25, 0.3) is 10.8 Å². The largest absolute Gasteiger partial charge is 0.615 e. The van der Waals surface area contributed by atoms with Crippen LogP contribution >= 0.6 is 0 Å². The Kier molecular flexibility index (Phi) is 14.6. The zero-order valence-electron chi connectivity index (χ0n) is 22.6. The van der Waals surface area contributed by atoms with Crippen LogP contribution in [0.2, 0.25) is 0 Å². The summed E-state index contributed by atoms with van der Waals surface area (Å²) in [5.74, 6) is 0.00284. The molecular formula is C31H49AlO2. The summed E-state index contributed by atoms with van der Waals surface area (Å²) in [4.78, 5) is 12.4. The number of fused-ring (bicyclic) bond motifs is 1. The van der Waals surface area contributed by atoms with Crippen molar-refractivity contribution < 1.29 is 8.58 Å². The lowest BCUT2D eigenvalue weighted by Gasteiger charge is -2.14. The minimum atomic E-state index is -1.06. The van der Waals surface area contributed by atoms with Crippen LogP contribution in [0.4, 0.5) is 0 Å². The summed E-state index contributed by atoms with van der Waals surface area (Å²) in [5.41, 5.74) is 3.88. The molecule has 34 heavy (non-hydrogen) atoms. The number of benzene rings is 2. The van der Waals surface area contributed by atoms with E-state index in [-0.39, 0.29) is 5.97 Å². The van der Waals surface area contributed by atoms with Gasteiger partial charge in [0, 0.05) is 6.42 Å². The zero-order valence-corrected chi connectivity index (χ0v) is 24.1. The summed E-state index contributed by atoms with van der Waals surface area (Å²) in [6.07, 6.45) is 20.7. The molecule has 0 heterocycles. The average Bonchev–Trinajstić information content (AvgIpc) is 2.82. The van der Waals surface area contributed by atoms with Crippen LogP contribution in [0.5, 0.6) is 0 Å². The smallest absolute Gasteiger partial charge is 0.567 e. The molecule has 0 radical (unpaired) electrons. The van der Waals surface area contributed by atoms with Crippen LogP contribution in [-0.2, 0) is 8.58 Å². The molecule has 2 aromatic carbocycles. The fourth-order valence-corrected chi connectivity index (χ4v) is 6.36. The second-order valence-electron chi connectivity index (χ2n) is 10.3. The van der Waals surface area contributed by atoms with Crippen molar-refractivity contribution in [1.82, 2.24) is 0 Å². The van der Waals surface area contributed by atoms with Gasteiger partial charge in [0.2, 0.25) is 0 Å². The van der Waals surface area contributed by atoms with E-state index < -0.39 is 15.6 Å². The average molecular weight is 481 g/mol. The Balaban J connectivity index is 1.52. The standard InChI is InChI=1S/C18H36O2.C13H13.Al.H/c1-2-3-4-5-6-7-8-9-10-11-12-13-14-15-16-17-18(19)20;1-9-5-4-6-12-7-10(2)11(3)8-13(9)12;;/h2-17H2,1H3,(H,19,20);4-6,8H,1-3H3;;/q;;+1;/p-1. The number of unbranched alkanes of at least 4 members (excludes halogenated alkanes) is 14. The van der Waals surface area contributed by atoms with E-state index in [1.54, 1.807) is 0 Å². The van der Waals surface area contributed by atoms with Gasteiger partial charge < -0.3 is 3.79 Å². The summed E-state index contributed by atoms with van der Waals surface area (Å²) in [5, 5.41) is 2.57. The molecule has 0 fully saturated rings. The first-order valence-corrected chi connectivity index (χ1v) is 15.5. The Morgan fingerprint density at radius 3 is 1.79 bits per heavy atom. The topological polar surface area (TPSA) is 26.3 Å². The molecule has 0 aliphatic carbocycles. The maximum absolute atomic E-state index is 12.4. The van der Waals surface area contributed by atoms with E-state index in [0.717, 1.165) is 12.8 Å². The lowest BCUT2D eigenvalue weighted by Crippen LogP contribution is -2.25. The van der Waals surface area contributed by atoms with E-state index >= 15 is 0 Å². The number of hydrogen-bond acceptors (Lipinski definition) is 2. The molecular weight excluding hydrogens is 431 g/mol. The van der Waals surface area contributed by atoms with Crippen molar-refractivity contribution in [2.45, 2.75) is 130 Å². The Bertz CT molecular complexity index is 858. The van der Waals surface area contributed by atoms with Crippen LogP contribution in [0, 0.1) is 20.8 Å². The fourth-order valence-electron chi connectivity index (χ4n) is 4.95. The van der Waals surface area contributed by atoms with Crippen LogP contribution in [0.15, 0.2) is 24.3 Å². The summed E-state index contributed by atoms with van der Waals surface area (Å²) < 4.78 is 7.13. The van der Waals surface area contributed by atoms with Crippen molar-refractivity contribution in [3.05, 3.63) is 41.0 Å². The summed E-state index contributed by atoms with van der Waals surface area (Å²) in [6, 6.07) is 8.72. The van der Waals surface area contributed by atoms with Gasteiger partial charge >= 0.3 is 15.6 Å². The number of rotatable bonds is 18. The molecule has 2 rings (SSSR count). The molecule has 0 aliphatic heterocycles. The molecule has 0 saturated heterocycles. The van der Waals surface area contributed by atoms with Gasteiger partial charge in [-0.25, -0.2) is 0 Å². The molecule has 0 unspecified atom stereocenters. The lowest BCUT2D eigenvalue weighted by atomic mass is 9.99. The molecule has 2 nitrogen and oxygen atoms in total. The Hall–Kier alpha value is -1.30. The molecule has 0 bridgehead atoms. The van der Waals surface area contributed by atoms with Gasteiger partial charge in [0.05, 0.1) is 0 Å². The SMILES string of the molecule is CCCCCCCCCCCCCCCCCC(=O)[O][AlH][c]1c(C)c(C)cc2c(C)cccc12. The van der Waals surface area contributed by atoms with E-state index in [4.69, 9.17) is 3.79 Å². The maximum atomic E-state index is 12.4. The van der Waals surface area contributed by atoms with Gasteiger partial charge in [0.25, 0.3) is 5.97 Å². The van der Waals surface area contributed by atoms with E-state index in [1.165, 1.54) is 115 Å². The number of carbonyl (C=O) groups is 1. The predicted molar refractivity (Wildman–Crippen MR) is 151 cm³/mol. The van der Waals surface area contributed by atoms with Gasteiger partial charge in [-0.3, -0.25) is 4.79 Å². The van der Waals surface area contributed by atoms with Gasteiger partial charge in [-0.05, 0) is 49.1 Å². The normalized spacial score (nSPS) is 11.2. The fraction of sp³-hybridized carbons (Fsp3) is 0.645. The first-order valence-electron chi connectivity index (χ1n) is 14.2. The highest BCUT2D eigenvalue weighted by Gasteiger charge is 2.15. The number of aryl methyl sites for hydroxylation is 2. The highest BCUT2D eigenvalue weighted by molar-refractivity contribution is 6.53. The highest BCUT2D eigenvalue weighted by Crippen LogP contribution is 2.21. The molecule has 0 saturated carbocycles. The molecule has 0 spiro atoms. The monoisotopic (exact) mass is 480 g/mol. The first-order chi connectivity index (χ1) is 16.5. The van der Waals surface area contributed by atoms with Crippen LogP contribution in [0.3, 0.4) is 0 Å². The number of hydrogen-bond donors (Lipinski definition) is 0. The molecule has 0 aliphatic rings. The van der Waals surface area contributed by atoms with Crippen molar-refractivity contribution in [2.75, 3.05) is 0 Å². The molecule has 0 aromatic heterocycles. The van der Waals surface area contributed by atoms with Crippen molar-refractivity contribution in [2.24, 2.45) is 0 Å². The summed E-state index contributed by atoms with van der Waals surface area (Å²) >= 11 is -1.06. The second kappa shape index (κ2) is 17.2. The van der Waals surface area contributed by atoms with Crippen LogP contribution < -0.4 is 4.43 Å². The lowest BCUT2D eigenvalue weighted by molar-refractivity contribution is -0.134. The van der Waals surface area contributed by atoms with E-state index in [0.29, 0.717) is 6.42 Å². The first kappa shape index (κ1) is 28.9. The van der Waals surface area contributed by atoms with Crippen molar-refractivity contribution in [1.29, 1.82) is 0 Å². The molecule has 3 heteroatoms. The van der Waals surface area contributed by atoms with Gasteiger partial charge in [0.15, 0.2) is 0 Å². The van der Waals surface area contributed by atoms with Gasteiger partial charge in [-0.2, -0.15) is 0 Å². The molecule has 2 aromatic rings. The third kappa shape index (κ3) is 10.5. The van der Waals surface area contributed by atoms with Crippen molar-refractivity contribution in [3.8, 4) is 0 Å². The molecule has 188 valence electrons. The van der Waals surface area contributed by atoms with Gasteiger partial charge in [-0.15, -0.1) is 0 Å². The quantitative estimate of drug-likeness (QED) is 0.158. The molecule has 0 amide bonds. The second-order valence-corrected chi connectivity index (χ2v) is 11.6. The summed E-state index contributed by atoms with van der Waals surface area (Å²) in [6.45, 7) is 8.77. The zero-order chi connectivity index (χ0) is 24.6. The van der Waals surface area contributed by atoms with Crippen LogP contribution in [-0.4, -0.2) is 21.5 Å². The van der Waals surface area contributed by atoms with E-state index in [2.05, 4.69) is 52.0 Å². The third-order valence-electron chi connectivity index (χ3n) is 7.42. The highest BCUT2D eigenvalue weighted by atomic mass is 27.1. The van der Waals surface area contributed by atoms with Gasteiger partial charge in [-0.1, -0.05) is 131 Å². The molecule has 0 atom stereocenters. The Morgan fingerprint density at radius 1 is 0.706 bits per heavy atom. The third-order valence-corrected chi connectivity index (χ3v) is 9.08. The van der Waals surface area contributed by atoms with Crippen LogP contribution in [0.1, 0.15) is 126 Å². The summed E-state index contributed by atoms with van der Waals surface area (Å²) in [7, 11) is 0. The Labute approximate surface area is 216 Å². The predicted octanol–water partition coefficient (Wildman–Crippen LogP) is 8.55. The maximum Gasteiger partial charge on any atom is 0.567 e. The van der Waals surface area contributed by atoms with Crippen molar-refractivity contribution >= 4 is 36.7 Å². The molecule has 0 N–H and O–H groups in total. The van der Waals surface area contributed by atoms with Crippen molar-refractivity contribution in [3.63, 3.8) is 0 Å². The minimum absolute atomic E-state index is 0.00284. The number of carbonyl (C=O) groups excluding carboxylic acids is 1. The van der Waals surface area contributed by atoms with Gasteiger partial charge in [0.1, 0.15) is 0 Å². The minimum Gasteiger partial charge on any atom is -0.615 e. The Morgan fingerprint density at radius 2 is 1.24 bits per heavy atom. The van der Waals surface area contributed by atoms with E-state index in [1.807, 2.05) is 0 Å². The van der Waals surface area contributed by atoms with E-state index in [9.17, 15) is 4.79 Å².